The number of nitrogens with zero attached hydrogens (tertiary/aromatic N) is 3. The molecule has 0 aliphatic rings. The molecule has 0 atom stereocenters. The third-order valence-corrected chi connectivity index (χ3v) is 2.11. The van der Waals surface area contributed by atoms with Gasteiger partial charge in [0, 0.05) is 0 Å². The molecule has 1 amide bonds. The Morgan fingerprint density at radius 2 is 2.16 bits per heavy atom. The number of aromatic amines is 1. The lowest BCUT2D eigenvalue weighted by Crippen LogP contribution is -2.16. The third-order valence-electron chi connectivity index (χ3n) is 2.11. The van der Waals surface area contributed by atoms with Gasteiger partial charge in [-0.25, -0.2) is 9.49 Å². The molecule has 0 saturated carbocycles. The van der Waals surface area contributed by atoms with Crippen LogP contribution in [0.5, 0.6) is 0 Å². The number of benzene rings is 1. The van der Waals surface area contributed by atoms with E-state index in [0.29, 0.717) is 12.1 Å². The predicted octanol–water partition coefficient (Wildman–Crippen LogP) is 1.24. The zero-order valence-electron chi connectivity index (χ0n) is 9.05. The van der Waals surface area contributed by atoms with Crippen LogP contribution >= 0.6 is 0 Å². The van der Waals surface area contributed by atoms with Gasteiger partial charge in [0.25, 0.3) is 5.91 Å². The second-order valence-electron chi connectivity index (χ2n) is 3.33. The maximum absolute atomic E-state index is 13.7. The summed E-state index contributed by atoms with van der Waals surface area (Å²) in [7, 11) is 0. The summed E-state index contributed by atoms with van der Waals surface area (Å²) < 4.78 is 26.8. The van der Waals surface area contributed by atoms with E-state index >= 15 is 0 Å². The molecular formula is C9H5F2N5O3. The summed E-state index contributed by atoms with van der Waals surface area (Å²) >= 11 is 0. The van der Waals surface area contributed by atoms with Crippen molar-refractivity contribution in [3.05, 3.63) is 45.8 Å². The van der Waals surface area contributed by atoms with Crippen molar-refractivity contribution >= 4 is 17.5 Å². The zero-order valence-corrected chi connectivity index (χ0v) is 9.05. The highest BCUT2D eigenvalue weighted by atomic mass is 19.1. The van der Waals surface area contributed by atoms with Crippen LogP contribution < -0.4 is 5.32 Å². The molecule has 0 fully saturated rings. The van der Waals surface area contributed by atoms with E-state index in [1.54, 1.807) is 0 Å². The Balaban J connectivity index is 2.39. The zero-order chi connectivity index (χ0) is 14.0. The van der Waals surface area contributed by atoms with Crippen molar-refractivity contribution in [1.29, 1.82) is 0 Å². The number of halogens is 2. The Bertz CT molecular complexity index is 644. The van der Waals surface area contributed by atoms with E-state index < -0.39 is 33.7 Å². The lowest BCUT2D eigenvalue weighted by molar-refractivity contribution is -0.387. The molecule has 2 N–H and O–H groups in total. The van der Waals surface area contributed by atoms with Crippen molar-refractivity contribution in [3.63, 3.8) is 0 Å². The van der Waals surface area contributed by atoms with Gasteiger partial charge in [0.1, 0.15) is 12.1 Å². The molecular weight excluding hydrogens is 264 g/mol. The van der Waals surface area contributed by atoms with E-state index in [2.05, 4.69) is 20.5 Å². The topological polar surface area (TPSA) is 114 Å². The molecule has 19 heavy (non-hydrogen) atoms. The van der Waals surface area contributed by atoms with Gasteiger partial charge in [-0.05, 0) is 6.07 Å². The van der Waals surface area contributed by atoms with E-state index in [0.717, 1.165) is 6.33 Å². The van der Waals surface area contributed by atoms with Crippen molar-refractivity contribution in [2.45, 2.75) is 0 Å². The number of carbonyl (C=O) groups excluding carboxylic acids is 1. The summed E-state index contributed by atoms with van der Waals surface area (Å²) in [6, 6.07) is 0.939. The van der Waals surface area contributed by atoms with Crippen molar-refractivity contribution < 1.29 is 18.5 Å². The number of H-pyrrole nitrogens is 1. The fourth-order valence-electron chi connectivity index (χ4n) is 1.31. The van der Waals surface area contributed by atoms with Gasteiger partial charge in [-0.1, -0.05) is 0 Å². The molecule has 8 nitrogen and oxygen atoms in total. The van der Waals surface area contributed by atoms with Crippen LogP contribution in [0.3, 0.4) is 0 Å². The van der Waals surface area contributed by atoms with E-state index in [-0.39, 0.29) is 5.95 Å². The first-order chi connectivity index (χ1) is 8.99. The van der Waals surface area contributed by atoms with Crippen molar-refractivity contribution in [2.24, 2.45) is 0 Å². The van der Waals surface area contributed by atoms with Gasteiger partial charge in [0.05, 0.1) is 16.6 Å². The van der Waals surface area contributed by atoms with E-state index in [9.17, 15) is 23.7 Å². The lowest BCUT2D eigenvalue weighted by atomic mass is 10.1. The molecule has 2 aromatic rings. The molecule has 0 radical (unpaired) electrons. The molecule has 2 rings (SSSR count). The highest BCUT2D eigenvalue weighted by Gasteiger charge is 2.24. The van der Waals surface area contributed by atoms with Gasteiger partial charge in [0.15, 0.2) is 0 Å². The summed E-state index contributed by atoms with van der Waals surface area (Å²) in [5, 5.41) is 18.3. The van der Waals surface area contributed by atoms with Gasteiger partial charge < -0.3 is 0 Å². The molecule has 0 aliphatic carbocycles. The summed E-state index contributed by atoms with van der Waals surface area (Å²) in [4.78, 5) is 24.6. The van der Waals surface area contributed by atoms with Crippen molar-refractivity contribution in [2.75, 3.05) is 5.32 Å². The molecule has 1 aromatic carbocycles. The number of anilines is 1. The molecule has 1 aromatic heterocycles. The molecule has 0 saturated heterocycles. The maximum atomic E-state index is 13.7. The van der Waals surface area contributed by atoms with Crippen molar-refractivity contribution in [1.82, 2.24) is 15.2 Å². The molecule has 1 heterocycles. The number of hydrogen-bond acceptors (Lipinski definition) is 5. The first-order valence-corrected chi connectivity index (χ1v) is 4.79. The van der Waals surface area contributed by atoms with E-state index in [1.807, 2.05) is 0 Å². The number of nitro groups is 1. The Kier molecular flexibility index (Phi) is 3.14. The van der Waals surface area contributed by atoms with Crippen LogP contribution in [0.1, 0.15) is 10.4 Å². The summed E-state index contributed by atoms with van der Waals surface area (Å²) in [5.41, 5.74) is -1.93. The average molecular weight is 269 g/mol. The Morgan fingerprint density at radius 1 is 1.42 bits per heavy atom. The van der Waals surface area contributed by atoms with Crippen LogP contribution in [-0.2, 0) is 0 Å². The Labute approximate surface area is 103 Å². The Morgan fingerprint density at radius 3 is 2.74 bits per heavy atom. The van der Waals surface area contributed by atoms with Gasteiger partial charge in [0.2, 0.25) is 11.8 Å². The fraction of sp³-hybridized carbons (Fsp3) is 0. The lowest BCUT2D eigenvalue weighted by Gasteiger charge is -2.03. The standard InChI is InChI=1S/C9H5F2N5O3/c10-4-1-5(7(11)6(2-4)16(18)19)8(17)14-9-12-3-13-15-9/h1-3H,(H2,12,13,14,15,17). The van der Waals surface area contributed by atoms with Crippen LogP contribution in [0, 0.1) is 21.7 Å². The summed E-state index contributed by atoms with van der Waals surface area (Å²) in [5.74, 6) is -3.72. The van der Waals surface area contributed by atoms with Crippen LogP contribution in [0.4, 0.5) is 20.4 Å². The normalized spacial score (nSPS) is 10.2. The van der Waals surface area contributed by atoms with E-state index in [4.69, 9.17) is 0 Å². The number of carbonyl (C=O) groups is 1. The van der Waals surface area contributed by atoms with Gasteiger partial charge in [-0.3, -0.25) is 20.2 Å². The van der Waals surface area contributed by atoms with Gasteiger partial charge >= 0.3 is 5.69 Å². The average Bonchev–Trinajstić information content (AvgIpc) is 2.84. The smallest absolute Gasteiger partial charge is 0.291 e. The Hall–Kier alpha value is -2.91. The van der Waals surface area contributed by atoms with Crippen molar-refractivity contribution in [3.8, 4) is 0 Å². The molecule has 0 aliphatic heterocycles. The van der Waals surface area contributed by atoms with Crippen LogP contribution in [0.25, 0.3) is 0 Å². The highest BCUT2D eigenvalue weighted by Crippen LogP contribution is 2.22. The van der Waals surface area contributed by atoms with Crippen LogP contribution in [0.15, 0.2) is 18.5 Å². The minimum atomic E-state index is -1.43. The monoisotopic (exact) mass is 269 g/mol. The fourth-order valence-corrected chi connectivity index (χ4v) is 1.31. The number of rotatable bonds is 3. The number of nitro benzene ring substituents is 1. The molecule has 10 heteroatoms. The highest BCUT2D eigenvalue weighted by molar-refractivity contribution is 6.03. The van der Waals surface area contributed by atoms with E-state index in [1.165, 1.54) is 0 Å². The largest absolute Gasteiger partial charge is 0.308 e. The summed E-state index contributed by atoms with van der Waals surface area (Å²) in [6.07, 6.45) is 1.08. The number of amides is 1. The predicted molar refractivity (Wildman–Crippen MR) is 57.3 cm³/mol. The second-order valence-corrected chi connectivity index (χ2v) is 3.33. The quantitative estimate of drug-likeness (QED) is 0.642. The molecule has 0 spiro atoms. The van der Waals surface area contributed by atoms with Crippen LogP contribution in [-0.4, -0.2) is 26.0 Å². The SMILES string of the molecule is O=C(Nc1ncn[nH]1)c1cc(F)cc([N+](=O)[O-])c1F. The molecule has 0 bridgehead atoms. The maximum Gasteiger partial charge on any atom is 0.308 e. The first-order valence-electron chi connectivity index (χ1n) is 4.79. The first kappa shape index (κ1) is 12.5. The molecule has 98 valence electrons. The number of aromatic nitrogens is 3. The van der Waals surface area contributed by atoms with Gasteiger partial charge in [-0.2, -0.15) is 14.5 Å². The summed E-state index contributed by atoms with van der Waals surface area (Å²) in [6.45, 7) is 0. The number of hydrogen-bond donors (Lipinski definition) is 2. The van der Waals surface area contributed by atoms with Crippen LogP contribution in [0.2, 0.25) is 0 Å². The minimum Gasteiger partial charge on any atom is -0.291 e. The second kappa shape index (κ2) is 4.76. The minimum absolute atomic E-state index is 0.101. The third kappa shape index (κ3) is 2.51. The van der Waals surface area contributed by atoms with Gasteiger partial charge in [-0.15, -0.1) is 0 Å². The molecule has 0 unspecified atom stereocenters. The number of nitrogens with one attached hydrogen (secondary N) is 2.